The van der Waals surface area contributed by atoms with Gasteiger partial charge in [0.2, 0.25) is 0 Å². The highest BCUT2D eigenvalue weighted by Crippen LogP contribution is 2.33. The average Bonchev–Trinajstić information content (AvgIpc) is 3.27. The van der Waals surface area contributed by atoms with E-state index in [1.54, 1.807) is 19.2 Å². The summed E-state index contributed by atoms with van der Waals surface area (Å²) in [6.07, 6.45) is 0. The Morgan fingerprint density at radius 2 is 1.96 bits per heavy atom. The van der Waals surface area contributed by atoms with Crippen molar-refractivity contribution in [2.45, 2.75) is 0 Å². The predicted molar refractivity (Wildman–Crippen MR) is 90.4 cm³/mol. The van der Waals surface area contributed by atoms with E-state index in [1.165, 1.54) is 18.2 Å². The van der Waals surface area contributed by atoms with Crippen molar-refractivity contribution in [3.8, 4) is 17.4 Å². The lowest BCUT2D eigenvalue weighted by atomic mass is 10.2. The summed E-state index contributed by atoms with van der Waals surface area (Å²) < 4.78 is 29.6. The van der Waals surface area contributed by atoms with Crippen molar-refractivity contribution < 1.29 is 22.8 Å². The molecule has 4 aromatic rings. The lowest BCUT2D eigenvalue weighted by molar-refractivity contribution is 0.102. The van der Waals surface area contributed by atoms with Crippen molar-refractivity contribution in [3.05, 3.63) is 59.9 Å². The number of furan rings is 1. The SMILES string of the molecule is COc1cccc2cc(-c3nnc(NC(=O)c4cccc(F)c4)o3)oc12. The van der Waals surface area contributed by atoms with E-state index in [-0.39, 0.29) is 17.5 Å². The number of halogens is 1. The molecule has 1 N–H and O–H groups in total. The van der Waals surface area contributed by atoms with Crippen molar-refractivity contribution in [1.82, 2.24) is 10.2 Å². The maximum absolute atomic E-state index is 13.2. The van der Waals surface area contributed by atoms with Gasteiger partial charge in [-0.05, 0) is 30.3 Å². The molecule has 4 rings (SSSR count). The highest BCUT2D eigenvalue weighted by Gasteiger charge is 2.17. The number of carbonyl (C=O) groups is 1. The zero-order chi connectivity index (χ0) is 18.1. The lowest BCUT2D eigenvalue weighted by Gasteiger charge is -2.00. The second-order valence-corrected chi connectivity index (χ2v) is 5.37. The highest BCUT2D eigenvalue weighted by atomic mass is 19.1. The molecule has 0 spiro atoms. The van der Waals surface area contributed by atoms with Crippen LogP contribution in [0, 0.1) is 5.82 Å². The number of aromatic nitrogens is 2. The average molecular weight is 353 g/mol. The Bertz CT molecular complexity index is 1100. The Kier molecular flexibility index (Phi) is 3.85. The van der Waals surface area contributed by atoms with Crippen molar-refractivity contribution in [3.63, 3.8) is 0 Å². The van der Waals surface area contributed by atoms with Crippen molar-refractivity contribution >= 4 is 22.9 Å². The van der Waals surface area contributed by atoms with Crippen LogP contribution in [0.4, 0.5) is 10.4 Å². The summed E-state index contributed by atoms with van der Waals surface area (Å²) >= 11 is 0. The normalized spacial score (nSPS) is 10.8. The van der Waals surface area contributed by atoms with Crippen LogP contribution in [-0.4, -0.2) is 23.2 Å². The van der Waals surface area contributed by atoms with Crippen LogP contribution >= 0.6 is 0 Å². The van der Waals surface area contributed by atoms with Crippen molar-refractivity contribution in [2.24, 2.45) is 0 Å². The standard InChI is InChI=1S/C18H12FN3O4/c1-24-13-7-3-4-10-9-14(25-15(10)13)17-21-22-18(26-17)20-16(23)11-5-2-6-12(19)8-11/h2-9H,1H3,(H,20,22,23). The van der Waals surface area contributed by atoms with E-state index < -0.39 is 11.7 Å². The number of methoxy groups -OCH3 is 1. The molecule has 26 heavy (non-hydrogen) atoms. The fourth-order valence-corrected chi connectivity index (χ4v) is 2.47. The number of para-hydroxylation sites is 1. The molecule has 0 atom stereocenters. The van der Waals surface area contributed by atoms with Gasteiger partial charge in [-0.1, -0.05) is 23.3 Å². The molecule has 0 aliphatic heterocycles. The van der Waals surface area contributed by atoms with Crippen LogP contribution in [0.5, 0.6) is 5.75 Å². The molecule has 2 aromatic heterocycles. The maximum atomic E-state index is 13.2. The topological polar surface area (TPSA) is 90.4 Å². The second-order valence-electron chi connectivity index (χ2n) is 5.37. The van der Waals surface area contributed by atoms with E-state index in [2.05, 4.69) is 15.5 Å². The van der Waals surface area contributed by atoms with Crippen molar-refractivity contribution in [2.75, 3.05) is 12.4 Å². The number of benzene rings is 2. The van der Waals surface area contributed by atoms with E-state index in [0.717, 1.165) is 11.5 Å². The molecule has 0 unspecified atom stereocenters. The fourth-order valence-electron chi connectivity index (χ4n) is 2.47. The number of amides is 1. The van der Waals surface area contributed by atoms with Crippen LogP contribution in [0.2, 0.25) is 0 Å². The van der Waals surface area contributed by atoms with Gasteiger partial charge in [-0.3, -0.25) is 10.1 Å². The van der Waals surface area contributed by atoms with E-state index in [9.17, 15) is 9.18 Å². The Hall–Kier alpha value is -3.68. The largest absolute Gasteiger partial charge is 0.493 e. The summed E-state index contributed by atoms with van der Waals surface area (Å²) in [5, 5.41) is 10.8. The summed E-state index contributed by atoms with van der Waals surface area (Å²) in [5.41, 5.74) is 0.687. The van der Waals surface area contributed by atoms with Gasteiger partial charge in [-0.2, -0.15) is 0 Å². The summed E-state index contributed by atoms with van der Waals surface area (Å²) in [6.45, 7) is 0. The van der Waals surface area contributed by atoms with E-state index >= 15 is 0 Å². The third kappa shape index (κ3) is 2.88. The Labute approximate surface area is 146 Å². The van der Waals surface area contributed by atoms with Gasteiger partial charge in [0.1, 0.15) is 5.82 Å². The zero-order valence-electron chi connectivity index (χ0n) is 13.5. The Morgan fingerprint density at radius 3 is 2.77 bits per heavy atom. The number of ether oxygens (including phenoxy) is 1. The van der Waals surface area contributed by atoms with Crippen LogP contribution in [0.15, 0.2) is 57.4 Å². The fraction of sp³-hybridized carbons (Fsp3) is 0.0556. The molecule has 0 aliphatic rings. The molecular formula is C18H12FN3O4. The number of anilines is 1. The van der Waals surface area contributed by atoms with Gasteiger partial charge in [0, 0.05) is 10.9 Å². The quantitative estimate of drug-likeness (QED) is 0.599. The first kappa shape index (κ1) is 15.8. The third-order valence-corrected chi connectivity index (χ3v) is 3.67. The molecule has 130 valence electrons. The predicted octanol–water partition coefficient (Wildman–Crippen LogP) is 3.88. The molecule has 0 radical (unpaired) electrons. The number of hydrogen-bond acceptors (Lipinski definition) is 6. The second kappa shape index (κ2) is 6.32. The minimum atomic E-state index is -0.564. The number of rotatable bonds is 4. The minimum Gasteiger partial charge on any atom is -0.493 e. The maximum Gasteiger partial charge on any atom is 0.322 e. The molecule has 1 amide bonds. The summed E-state index contributed by atoms with van der Waals surface area (Å²) in [5.74, 6) is -0.0694. The van der Waals surface area contributed by atoms with E-state index in [1.807, 2.05) is 12.1 Å². The molecule has 0 saturated heterocycles. The first-order chi connectivity index (χ1) is 12.6. The van der Waals surface area contributed by atoms with Gasteiger partial charge in [-0.25, -0.2) is 4.39 Å². The van der Waals surface area contributed by atoms with E-state index in [4.69, 9.17) is 13.6 Å². The van der Waals surface area contributed by atoms with Gasteiger partial charge in [0.15, 0.2) is 17.1 Å². The first-order valence-corrected chi connectivity index (χ1v) is 7.61. The van der Waals surface area contributed by atoms with Gasteiger partial charge in [0.25, 0.3) is 11.8 Å². The molecule has 0 bridgehead atoms. The number of nitrogens with zero attached hydrogens (tertiary/aromatic N) is 2. The molecule has 2 aromatic carbocycles. The monoisotopic (exact) mass is 353 g/mol. The van der Waals surface area contributed by atoms with Crippen LogP contribution in [0.3, 0.4) is 0 Å². The van der Waals surface area contributed by atoms with Gasteiger partial charge >= 0.3 is 6.01 Å². The van der Waals surface area contributed by atoms with Crippen LogP contribution < -0.4 is 10.1 Å². The summed E-state index contributed by atoms with van der Waals surface area (Å²) in [6, 6.07) is 12.3. The molecule has 7 nitrogen and oxygen atoms in total. The lowest BCUT2D eigenvalue weighted by Crippen LogP contribution is -2.12. The third-order valence-electron chi connectivity index (χ3n) is 3.67. The Balaban J connectivity index is 1.59. The smallest absolute Gasteiger partial charge is 0.322 e. The van der Waals surface area contributed by atoms with Crippen LogP contribution in [0.1, 0.15) is 10.4 Å². The molecule has 0 aliphatic carbocycles. The van der Waals surface area contributed by atoms with E-state index in [0.29, 0.717) is 17.1 Å². The highest BCUT2D eigenvalue weighted by molar-refractivity contribution is 6.03. The number of fused-ring (bicyclic) bond motifs is 1. The first-order valence-electron chi connectivity index (χ1n) is 7.61. The van der Waals surface area contributed by atoms with Gasteiger partial charge < -0.3 is 13.6 Å². The summed E-state index contributed by atoms with van der Waals surface area (Å²) in [7, 11) is 1.55. The molecule has 8 heteroatoms. The van der Waals surface area contributed by atoms with Crippen molar-refractivity contribution in [1.29, 1.82) is 0 Å². The zero-order valence-corrected chi connectivity index (χ0v) is 13.5. The number of hydrogen-bond donors (Lipinski definition) is 1. The number of carbonyl (C=O) groups excluding carboxylic acids is 1. The molecular weight excluding hydrogens is 341 g/mol. The minimum absolute atomic E-state index is 0.0952. The molecule has 0 fully saturated rings. The number of nitrogens with one attached hydrogen (secondary N) is 1. The van der Waals surface area contributed by atoms with Gasteiger partial charge in [0.05, 0.1) is 7.11 Å². The Morgan fingerprint density at radius 1 is 1.12 bits per heavy atom. The van der Waals surface area contributed by atoms with Gasteiger partial charge in [-0.15, -0.1) is 5.10 Å². The summed E-state index contributed by atoms with van der Waals surface area (Å²) in [4.78, 5) is 12.1. The molecule has 0 saturated carbocycles. The molecule has 2 heterocycles. The van der Waals surface area contributed by atoms with Crippen LogP contribution in [-0.2, 0) is 0 Å². The van der Waals surface area contributed by atoms with Crippen LogP contribution in [0.25, 0.3) is 22.6 Å².